The number of allylic oxidation sites excluding steroid dienone is 4. The first-order valence-electron chi connectivity index (χ1n) is 8.25. The Labute approximate surface area is 161 Å². The third-order valence-corrected chi connectivity index (χ3v) is 4.62. The number of ether oxygens (including phenoxy) is 1. The number of alkyl halides is 3. The molecule has 1 aliphatic rings. The summed E-state index contributed by atoms with van der Waals surface area (Å²) in [7, 11) is 1.71. The molecule has 2 aromatic heterocycles. The molecule has 0 amide bonds. The van der Waals surface area contributed by atoms with Crippen LogP contribution in [-0.4, -0.2) is 31.3 Å². The fraction of sp³-hybridized carbons (Fsp3) is 0.235. The largest absolute Gasteiger partial charge is 0.572 e. The molecule has 11 heteroatoms. The van der Waals surface area contributed by atoms with Gasteiger partial charge in [0.05, 0.1) is 22.4 Å². The second-order valence-electron chi connectivity index (χ2n) is 6.14. The number of halogens is 4. The zero-order chi connectivity index (χ0) is 19.9. The average Bonchev–Trinajstić information content (AvgIpc) is 3.24. The number of hydrogen-bond acceptors (Lipinski definition) is 5. The zero-order valence-corrected chi connectivity index (χ0v) is 15.3. The molecule has 7 nitrogen and oxygen atoms in total. The average molecular weight is 411 g/mol. The zero-order valence-electron chi connectivity index (χ0n) is 14.5. The number of aromatic nitrogens is 5. The van der Waals surface area contributed by atoms with Crippen LogP contribution in [0.15, 0.2) is 36.2 Å². The highest BCUT2D eigenvalue weighted by atomic mass is 35.5. The second-order valence-corrected chi connectivity index (χ2v) is 6.52. The third-order valence-electron chi connectivity index (χ3n) is 4.21. The van der Waals surface area contributed by atoms with E-state index < -0.39 is 6.36 Å². The summed E-state index contributed by atoms with van der Waals surface area (Å²) < 4.78 is 42.4. The number of benzene rings is 1. The maximum atomic E-state index is 12.3. The van der Waals surface area contributed by atoms with Crippen molar-refractivity contribution in [1.82, 2.24) is 25.0 Å². The molecule has 4 rings (SSSR count). The van der Waals surface area contributed by atoms with Crippen LogP contribution in [0.5, 0.6) is 0 Å². The van der Waals surface area contributed by atoms with Crippen LogP contribution in [0.25, 0.3) is 16.5 Å². The van der Waals surface area contributed by atoms with E-state index in [0.717, 1.165) is 16.5 Å². The number of H-pyrrole nitrogens is 1. The van der Waals surface area contributed by atoms with Gasteiger partial charge < -0.3 is 10.1 Å². The quantitative estimate of drug-likeness (QED) is 0.652. The molecule has 1 aromatic carbocycles. The van der Waals surface area contributed by atoms with E-state index in [1.807, 2.05) is 6.07 Å². The summed E-state index contributed by atoms with van der Waals surface area (Å²) >= 11 is 6.40. The summed E-state index contributed by atoms with van der Waals surface area (Å²) in [4.78, 5) is 4.44. The van der Waals surface area contributed by atoms with Crippen molar-refractivity contribution < 1.29 is 17.9 Å². The van der Waals surface area contributed by atoms with Crippen LogP contribution in [0, 0.1) is 0 Å². The topological polar surface area (TPSA) is 80.6 Å². The molecule has 0 bridgehead atoms. The van der Waals surface area contributed by atoms with Crippen LogP contribution in [-0.2, 0) is 11.8 Å². The summed E-state index contributed by atoms with van der Waals surface area (Å²) in [6, 6.07) is 3.63. The van der Waals surface area contributed by atoms with Crippen molar-refractivity contribution in [2.24, 2.45) is 7.05 Å². The Morgan fingerprint density at radius 2 is 2.07 bits per heavy atom. The van der Waals surface area contributed by atoms with E-state index in [4.69, 9.17) is 11.6 Å². The lowest BCUT2D eigenvalue weighted by molar-refractivity contribution is -0.306. The van der Waals surface area contributed by atoms with Gasteiger partial charge in [-0.15, -0.1) is 18.3 Å². The summed E-state index contributed by atoms with van der Waals surface area (Å²) in [6.07, 6.45) is 0.230. The number of hydrogen-bond donors (Lipinski definition) is 2. The Morgan fingerprint density at radius 3 is 2.79 bits per heavy atom. The molecule has 0 saturated carbocycles. The molecule has 3 aromatic rings. The monoisotopic (exact) mass is 410 g/mol. The maximum Gasteiger partial charge on any atom is 0.572 e. The first kappa shape index (κ1) is 18.4. The minimum Gasteiger partial charge on any atom is -0.410 e. The molecular formula is C17H14ClF3N6O. The lowest BCUT2D eigenvalue weighted by Crippen LogP contribution is -2.14. The van der Waals surface area contributed by atoms with Gasteiger partial charge in [0.25, 0.3) is 0 Å². The van der Waals surface area contributed by atoms with Crippen molar-refractivity contribution in [3.05, 3.63) is 47.1 Å². The van der Waals surface area contributed by atoms with Crippen LogP contribution in [0.2, 0.25) is 5.02 Å². The van der Waals surface area contributed by atoms with E-state index in [9.17, 15) is 13.2 Å². The molecule has 0 spiro atoms. The van der Waals surface area contributed by atoms with Crippen molar-refractivity contribution in [3.8, 4) is 0 Å². The number of nitrogens with zero attached hydrogens (tertiary/aromatic N) is 4. The summed E-state index contributed by atoms with van der Waals surface area (Å²) in [5.41, 5.74) is 2.16. The van der Waals surface area contributed by atoms with Gasteiger partial charge in [0.2, 0.25) is 5.95 Å². The first-order valence-corrected chi connectivity index (χ1v) is 8.63. The Balaban J connectivity index is 1.56. The van der Waals surface area contributed by atoms with Crippen LogP contribution in [0.3, 0.4) is 0 Å². The highest BCUT2D eigenvalue weighted by molar-refractivity contribution is 6.38. The number of nitrogens with one attached hydrogen (secondary N) is 2. The summed E-state index contributed by atoms with van der Waals surface area (Å²) in [6.45, 7) is 0. The summed E-state index contributed by atoms with van der Waals surface area (Å²) in [5.74, 6) is 0.737. The lowest BCUT2D eigenvalue weighted by atomic mass is 10.0. The predicted molar refractivity (Wildman–Crippen MR) is 97.8 cm³/mol. The minimum absolute atomic E-state index is 0.120. The van der Waals surface area contributed by atoms with Gasteiger partial charge in [0.1, 0.15) is 5.76 Å². The molecule has 146 valence electrons. The van der Waals surface area contributed by atoms with Crippen molar-refractivity contribution in [1.29, 1.82) is 0 Å². The standard InChI is InChI=1S/C17H14ClF3N6O/c1-27-16(23-13-7-6-12-11(14(13)18)8-22-25-12)24-15(26-27)9-2-4-10(5-3-9)28-17(19,20)21/h2,4,6-8H,3,5H2,1H3,(H,22,25)(H,23,24,26). The molecule has 0 atom stereocenters. The van der Waals surface area contributed by atoms with Crippen LogP contribution < -0.4 is 5.32 Å². The third kappa shape index (κ3) is 3.68. The highest BCUT2D eigenvalue weighted by Crippen LogP contribution is 2.33. The maximum absolute atomic E-state index is 12.3. The van der Waals surface area contributed by atoms with Gasteiger partial charge in [-0.1, -0.05) is 17.7 Å². The molecule has 1 aliphatic carbocycles. The van der Waals surface area contributed by atoms with Crippen molar-refractivity contribution in [3.63, 3.8) is 0 Å². The van der Waals surface area contributed by atoms with Gasteiger partial charge in [0.15, 0.2) is 5.82 Å². The first-order chi connectivity index (χ1) is 13.3. The molecule has 0 saturated heterocycles. The van der Waals surface area contributed by atoms with Gasteiger partial charge in [-0.2, -0.15) is 10.1 Å². The normalized spacial score (nSPS) is 14.8. The fourth-order valence-electron chi connectivity index (χ4n) is 2.87. The van der Waals surface area contributed by atoms with E-state index in [0.29, 0.717) is 28.9 Å². The summed E-state index contributed by atoms with van der Waals surface area (Å²) in [5, 5.41) is 15.5. The van der Waals surface area contributed by atoms with Crippen LogP contribution in [0.1, 0.15) is 18.7 Å². The van der Waals surface area contributed by atoms with E-state index in [2.05, 4.69) is 30.3 Å². The van der Waals surface area contributed by atoms with E-state index >= 15 is 0 Å². The van der Waals surface area contributed by atoms with Crippen LogP contribution in [0.4, 0.5) is 24.8 Å². The predicted octanol–water partition coefficient (Wildman–Crippen LogP) is 4.69. The van der Waals surface area contributed by atoms with Gasteiger partial charge >= 0.3 is 6.36 Å². The second kappa shape index (κ2) is 6.86. The Hall–Kier alpha value is -3.01. The molecular weight excluding hydrogens is 397 g/mol. The van der Waals surface area contributed by atoms with Crippen molar-refractivity contribution >= 4 is 39.7 Å². The molecule has 0 radical (unpaired) electrons. The lowest BCUT2D eigenvalue weighted by Gasteiger charge is -2.15. The van der Waals surface area contributed by atoms with Crippen molar-refractivity contribution in [2.45, 2.75) is 19.2 Å². The Kier molecular flexibility index (Phi) is 4.50. The van der Waals surface area contributed by atoms with Gasteiger partial charge in [-0.3, -0.25) is 5.10 Å². The van der Waals surface area contributed by atoms with Gasteiger partial charge in [0, 0.05) is 18.9 Å². The molecule has 28 heavy (non-hydrogen) atoms. The van der Waals surface area contributed by atoms with E-state index in [-0.39, 0.29) is 12.2 Å². The Bertz CT molecular complexity index is 1100. The van der Waals surface area contributed by atoms with Crippen molar-refractivity contribution in [2.75, 3.05) is 5.32 Å². The molecule has 2 heterocycles. The minimum atomic E-state index is -4.69. The molecule has 0 fully saturated rings. The molecule has 0 unspecified atom stereocenters. The SMILES string of the molecule is Cn1nc(C2=CC=C(OC(F)(F)F)CC2)nc1Nc1ccc2[nH]ncc2c1Cl. The van der Waals surface area contributed by atoms with Gasteiger partial charge in [-0.25, -0.2) is 4.68 Å². The smallest absolute Gasteiger partial charge is 0.410 e. The number of rotatable bonds is 4. The van der Waals surface area contributed by atoms with Gasteiger partial charge in [-0.05, 0) is 30.2 Å². The number of anilines is 2. The van der Waals surface area contributed by atoms with E-state index in [1.54, 1.807) is 19.3 Å². The molecule has 0 aliphatic heterocycles. The van der Waals surface area contributed by atoms with Crippen LogP contribution >= 0.6 is 11.6 Å². The Morgan fingerprint density at radius 1 is 1.25 bits per heavy atom. The number of aromatic amines is 1. The highest BCUT2D eigenvalue weighted by Gasteiger charge is 2.32. The fourth-order valence-corrected chi connectivity index (χ4v) is 3.13. The molecule has 2 N–H and O–H groups in total. The number of aryl methyl sites for hydroxylation is 1. The number of fused-ring (bicyclic) bond motifs is 1. The van der Waals surface area contributed by atoms with E-state index in [1.165, 1.54) is 16.8 Å².